The molecule has 0 bridgehead atoms. The summed E-state index contributed by atoms with van der Waals surface area (Å²) in [4.78, 5) is 12.1. The molecule has 6 heteroatoms. The van der Waals surface area contributed by atoms with Crippen molar-refractivity contribution in [2.24, 2.45) is 0 Å². The Bertz CT molecular complexity index is 562. The number of hydrogen-bond donors (Lipinski definition) is 1. The molecular weight excluding hydrogens is 264 g/mol. The molecule has 0 atom stereocenters. The van der Waals surface area contributed by atoms with Crippen LogP contribution in [0.3, 0.4) is 0 Å². The Hall–Kier alpha value is -1.88. The smallest absolute Gasteiger partial charge is 0.322 e. The van der Waals surface area contributed by atoms with Crippen LogP contribution in [0.4, 0.5) is 11.6 Å². The number of anilines is 2. The second kappa shape index (κ2) is 6.33. The Morgan fingerprint density at radius 2 is 2.00 bits per heavy atom. The fourth-order valence-corrected chi connectivity index (χ4v) is 1.63. The van der Waals surface area contributed by atoms with Crippen molar-refractivity contribution in [1.29, 1.82) is 0 Å². The number of ether oxygens (including phenoxy) is 1. The van der Waals surface area contributed by atoms with E-state index in [0.717, 1.165) is 17.7 Å². The van der Waals surface area contributed by atoms with Crippen molar-refractivity contribution in [2.75, 3.05) is 11.9 Å². The molecule has 0 aliphatic heterocycles. The quantitative estimate of drug-likeness (QED) is 0.909. The van der Waals surface area contributed by atoms with Crippen LogP contribution >= 0.6 is 11.6 Å². The van der Waals surface area contributed by atoms with Crippen molar-refractivity contribution in [3.05, 3.63) is 35.1 Å². The molecule has 0 radical (unpaired) electrons. The van der Waals surface area contributed by atoms with Gasteiger partial charge in [-0.05, 0) is 36.6 Å². The highest BCUT2D eigenvalue weighted by Gasteiger charge is 2.07. The molecule has 0 spiro atoms. The molecule has 19 heavy (non-hydrogen) atoms. The molecule has 0 saturated heterocycles. The number of nitrogens with one attached hydrogen (secondary N) is 1. The van der Waals surface area contributed by atoms with E-state index in [2.05, 4.69) is 20.3 Å². The fourth-order valence-electron chi connectivity index (χ4n) is 1.48. The molecule has 1 N–H and O–H groups in total. The van der Waals surface area contributed by atoms with Gasteiger partial charge in [-0.3, -0.25) is 0 Å². The molecule has 1 heterocycles. The van der Waals surface area contributed by atoms with Crippen LogP contribution in [0.5, 0.6) is 6.01 Å². The molecule has 5 nitrogen and oxygen atoms in total. The van der Waals surface area contributed by atoms with Gasteiger partial charge in [0.1, 0.15) is 0 Å². The Morgan fingerprint density at radius 3 is 2.74 bits per heavy atom. The topological polar surface area (TPSA) is 59.9 Å². The minimum absolute atomic E-state index is 0.109. The average Bonchev–Trinajstić information content (AvgIpc) is 2.38. The first-order chi connectivity index (χ1) is 9.19. The largest absolute Gasteiger partial charge is 0.463 e. The lowest BCUT2D eigenvalue weighted by molar-refractivity contribution is 0.292. The highest BCUT2D eigenvalue weighted by molar-refractivity contribution is 6.28. The summed E-state index contributed by atoms with van der Waals surface area (Å²) in [5.74, 6) is 0.375. The number of aromatic nitrogens is 3. The lowest BCUT2D eigenvalue weighted by atomic mass is 10.2. The number of para-hydroxylation sites is 1. The molecule has 0 saturated carbocycles. The average molecular weight is 279 g/mol. The summed E-state index contributed by atoms with van der Waals surface area (Å²) >= 11 is 5.85. The third-order valence-corrected chi connectivity index (χ3v) is 2.58. The zero-order valence-electron chi connectivity index (χ0n) is 10.9. The molecule has 0 fully saturated rings. The van der Waals surface area contributed by atoms with Gasteiger partial charge in [-0.15, -0.1) is 0 Å². The van der Waals surface area contributed by atoms with E-state index in [1.54, 1.807) is 0 Å². The zero-order chi connectivity index (χ0) is 13.7. The molecule has 1 aromatic carbocycles. The molecule has 1 aromatic heterocycles. The number of halogens is 1. The summed E-state index contributed by atoms with van der Waals surface area (Å²) in [6, 6.07) is 8.08. The molecule has 0 unspecified atom stereocenters. The zero-order valence-corrected chi connectivity index (χ0v) is 11.6. The maximum atomic E-state index is 5.85. The first-order valence-corrected chi connectivity index (χ1v) is 6.44. The van der Waals surface area contributed by atoms with Crippen molar-refractivity contribution in [1.82, 2.24) is 15.0 Å². The minimum atomic E-state index is 0.109. The third kappa shape index (κ3) is 3.79. The molecular formula is C13H15ClN4O. The van der Waals surface area contributed by atoms with Crippen LogP contribution in [-0.4, -0.2) is 21.6 Å². The van der Waals surface area contributed by atoms with Crippen LogP contribution in [0.1, 0.15) is 18.9 Å². The van der Waals surface area contributed by atoms with E-state index >= 15 is 0 Å². The highest BCUT2D eigenvalue weighted by atomic mass is 35.5. The second-order valence-corrected chi connectivity index (χ2v) is 4.34. The molecule has 0 aliphatic carbocycles. The molecule has 2 aromatic rings. The predicted octanol–water partition coefficient (Wildman–Crippen LogP) is 3.37. The lowest BCUT2D eigenvalue weighted by Gasteiger charge is -2.09. The molecule has 0 aliphatic rings. The van der Waals surface area contributed by atoms with E-state index in [1.165, 1.54) is 0 Å². The van der Waals surface area contributed by atoms with Crippen molar-refractivity contribution >= 4 is 23.2 Å². The lowest BCUT2D eigenvalue weighted by Crippen LogP contribution is -2.05. The summed E-state index contributed by atoms with van der Waals surface area (Å²) in [6.07, 6.45) is 0.879. The number of hydrogen-bond acceptors (Lipinski definition) is 5. The van der Waals surface area contributed by atoms with Gasteiger partial charge in [0, 0.05) is 5.69 Å². The first-order valence-electron chi connectivity index (χ1n) is 6.06. The van der Waals surface area contributed by atoms with Crippen molar-refractivity contribution in [3.63, 3.8) is 0 Å². The van der Waals surface area contributed by atoms with Gasteiger partial charge in [-0.2, -0.15) is 15.0 Å². The number of aryl methyl sites for hydroxylation is 1. The first kappa shape index (κ1) is 13.5. The highest BCUT2D eigenvalue weighted by Crippen LogP contribution is 2.19. The Labute approximate surface area is 117 Å². The van der Waals surface area contributed by atoms with Gasteiger partial charge in [0.25, 0.3) is 0 Å². The second-order valence-electron chi connectivity index (χ2n) is 4.00. The van der Waals surface area contributed by atoms with Crippen molar-refractivity contribution in [2.45, 2.75) is 20.3 Å². The van der Waals surface area contributed by atoms with Gasteiger partial charge in [-0.1, -0.05) is 25.1 Å². The number of benzene rings is 1. The Balaban J connectivity index is 2.20. The standard InChI is InChI=1S/C13H15ClN4O/c1-3-8-19-13-17-11(14)16-12(18-13)15-10-7-5-4-6-9(10)2/h4-7H,3,8H2,1-2H3,(H,15,16,17,18). The van der Waals surface area contributed by atoms with E-state index in [-0.39, 0.29) is 11.3 Å². The maximum absolute atomic E-state index is 5.85. The molecule has 0 amide bonds. The summed E-state index contributed by atoms with van der Waals surface area (Å²) in [7, 11) is 0. The van der Waals surface area contributed by atoms with Gasteiger partial charge < -0.3 is 10.1 Å². The van der Waals surface area contributed by atoms with Gasteiger partial charge in [0.15, 0.2) is 0 Å². The molecule has 100 valence electrons. The van der Waals surface area contributed by atoms with Crippen LogP contribution < -0.4 is 10.1 Å². The monoisotopic (exact) mass is 278 g/mol. The summed E-state index contributed by atoms with van der Waals surface area (Å²) in [6.45, 7) is 4.55. The summed E-state index contributed by atoms with van der Waals surface area (Å²) < 4.78 is 5.36. The fraction of sp³-hybridized carbons (Fsp3) is 0.308. The third-order valence-electron chi connectivity index (χ3n) is 2.41. The SMILES string of the molecule is CCCOc1nc(Cl)nc(Nc2ccccc2C)n1. The minimum Gasteiger partial charge on any atom is -0.463 e. The Kier molecular flexibility index (Phi) is 4.52. The summed E-state index contributed by atoms with van der Waals surface area (Å²) in [5.41, 5.74) is 2.02. The van der Waals surface area contributed by atoms with Gasteiger partial charge >= 0.3 is 6.01 Å². The number of nitrogens with zero attached hydrogens (tertiary/aromatic N) is 3. The van der Waals surface area contributed by atoms with E-state index < -0.39 is 0 Å². The van der Waals surface area contributed by atoms with Gasteiger partial charge in [0.05, 0.1) is 6.61 Å². The van der Waals surface area contributed by atoms with Gasteiger partial charge in [0.2, 0.25) is 11.2 Å². The van der Waals surface area contributed by atoms with Crippen LogP contribution in [0, 0.1) is 6.92 Å². The number of rotatable bonds is 5. The van der Waals surface area contributed by atoms with Crippen molar-refractivity contribution < 1.29 is 4.74 Å². The molecule has 2 rings (SSSR count). The van der Waals surface area contributed by atoms with E-state index in [4.69, 9.17) is 16.3 Å². The summed E-state index contributed by atoms with van der Waals surface area (Å²) in [5, 5.41) is 3.21. The maximum Gasteiger partial charge on any atom is 0.322 e. The van der Waals surface area contributed by atoms with Crippen molar-refractivity contribution in [3.8, 4) is 6.01 Å². The van der Waals surface area contributed by atoms with E-state index in [0.29, 0.717) is 12.6 Å². The van der Waals surface area contributed by atoms with Gasteiger partial charge in [-0.25, -0.2) is 0 Å². The Morgan fingerprint density at radius 1 is 1.21 bits per heavy atom. The van der Waals surface area contributed by atoms with E-state index in [1.807, 2.05) is 38.1 Å². The van der Waals surface area contributed by atoms with Crippen LogP contribution in [0.25, 0.3) is 0 Å². The normalized spacial score (nSPS) is 10.3. The van der Waals surface area contributed by atoms with E-state index in [9.17, 15) is 0 Å². The van der Waals surface area contributed by atoms with Crippen LogP contribution in [0.15, 0.2) is 24.3 Å². The van der Waals surface area contributed by atoms with Crippen LogP contribution in [0.2, 0.25) is 5.28 Å². The van der Waals surface area contributed by atoms with Crippen LogP contribution in [-0.2, 0) is 0 Å². The predicted molar refractivity (Wildman–Crippen MR) is 75.1 cm³/mol.